The molecular formula is C21H27FN6O4. The second kappa shape index (κ2) is 10.8. The van der Waals surface area contributed by atoms with Gasteiger partial charge in [0.2, 0.25) is 0 Å². The molecule has 172 valence electrons. The highest BCUT2D eigenvalue weighted by Gasteiger charge is 2.32. The molecule has 0 radical (unpaired) electrons. The molecule has 1 amide bonds. The molecule has 2 heterocycles. The SMILES string of the molecule is CNCC1CN(c2ccc(C3=CCC(N(C=N)CCNCC(=O)O)N=C3)c(F)c2)C(=O)O1. The normalized spacial score (nSPS) is 20.1. The van der Waals surface area contributed by atoms with E-state index in [1.165, 1.54) is 11.0 Å². The Balaban J connectivity index is 1.61. The molecule has 2 unspecified atom stereocenters. The molecule has 1 aromatic rings. The van der Waals surface area contributed by atoms with Gasteiger partial charge in [-0.1, -0.05) is 6.08 Å². The Kier molecular flexibility index (Phi) is 7.90. The summed E-state index contributed by atoms with van der Waals surface area (Å²) in [5.74, 6) is -1.41. The van der Waals surface area contributed by atoms with Crippen LogP contribution in [0.5, 0.6) is 0 Å². The fraction of sp³-hybridized carbons (Fsp3) is 0.429. The summed E-state index contributed by atoms with van der Waals surface area (Å²) in [7, 11) is 1.77. The van der Waals surface area contributed by atoms with E-state index < -0.39 is 17.9 Å². The molecule has 32 heavy (non-hydrogen) atoms. The van der Waals surface area contributed by atoms with Crippen LogP contribution in [0.4, 0.5) is 14.9 Å². The third-order valence-electron chi connectivity index (χ3n) is 5.19. The quantitative estimate of drug-likeness (QED) is 0.228. The largest absolute Gasteiger partial charge is 0.480 e. The average Bonchev–Trinajstić information content (AvgIpc) is 3.14. The van der Waals surface area contributed by atoms with E-state index in [4.69, 9.17) is 15.3 Å². The van der Waals surface area contributed by atoms with Crippen LogP contribution >= 0.6 is 0 Å². The van der Waals surface area contributed by atoms with Crippen molar-refractivity contribution < 1.29 is 23.8 Å². The molecule has 2 atom stereocenters. The van der Waals surface area contributed by atoms with Gasteiger partial charge in [-0.15, -0.1) is 0 Å². The summed E-state index contributed by atoms with van der Waals surface area (Å²) in [5, 5.41) is 22.0. The van der Waals surface area contributed by atoms with Crippen LogP contribution in [0.3, 0.4) is 0 Å². The van der Waals surface area contributed by atoms with Crippen LogP contribution < -0.4 is 15.5 Å². The zero-order valence-corrected chi connectivity index (χ0v) is 17.8. The molecule has 2 aliphatic heterocycles. The number of hydrogen-bond acceptors (Lipinski definition) is 7. The fourth-order valence-corrected chi connectivity index (χ4v) is 3.59. The highest BCUT2D eigenvalue weighted by Crippen LogP contribution is 2.28. The summed E-state index contributed by atoms with van der Waals surface area (Å²) >= 11 is 0. The molecule has 3 rings (SSSR count). The lowest BCUT2D eigenvalue weighted by Gasteiger charge is -2.28. The summed E-state index contributed by atoms with van der Waals surface area (Å²) in [4.78, 5) is 30.2. The summed E-state index contributed by atoms with van der Waals surface area (Å²) < 4.78 is 20.1. The van der Waals surface area contributed by atoms with Gasteiger partial charge in [0.1, 0.15) is 18.1 Å². The lowest BCUT2D eigenvalue weighted by molar-refractivity contribution is -0.135. The molecule has 1 saturated heterocycles. The summed E-state index contributed by atoms with van der Waals surface area (Å²) in [6.45, 7) is 1.55. The Hall–Kier alpha value is -3.31. The van der Waals surface area contributed by atoms with Crippen LogP contribution in [0.25, 0.3) is 5.57 Å². The molecule has 10 nitrogen and oxygen atoms in total. The Labute approximate surface area is 185 Å². The van der Waals surface area contributed by atoms with Gasteiger partial charge in [-0.2, -0.15) is 0 Å². The van der Waals surface area contributed by atoms with Crippen molar-refractivity contribution in [1.82, 2.24) is 15.5 Å². The molecule has 1 aromatic carbocycles. The van der Waals surface area contributed by atoms with E-state index in [0.717, 1.165) is 6.34 Å². The van der Waals surface area contributed by atoms with Crippen LogP contribution in [0.1, 0.15) is 12.0 Å². The van der Waals surface area contributed by atoms with Crippen molar-refractivity contribution in [3.8, 4) is 0 Å². The number of carbonyl (C=O) groups excluding carboxylic acids is 1. The first kappa shape index (κ1) is 23.4. The topological polar surface area (TPSA) is 130 Å². The molecule has 0 spiro atoms. The van der Waals surface area contributed by atoms with Gasteiger partial charge in [0, 0.05) is 37.8 Å². The number of anilines is 1. The first-order chi connectivity index (χ1) is 15.4. The Morgan fingerprint density at radius 2 is 2.31 bits per heavy atom. The number of likely N-dealkylation sites (N-methyl/N-ethyl adjacent to an activating group) is 1. The number of ether oxygens (including phenoxy) is 1. The second-order valence-electron chi connectivity index (χ2n) is 7.43. The highest BCUT2D eigenvalue weighted by atomic mass is 19.1. The van der Waals surface area contributed by atoms with E-state index in [1.54, 1.807) is 30.3 Å². The van der Waals surface area contributed by atoms with E-state index >= 15 is 0 Å². The highest BCUT2D eigenvalue weighted by molar-refractivity contribution is 6.10. The lowest BCUT2D eigenvalue weighted by atomic mass is 10.0. The Morgan fingerprint density at radius 3 is 2.94 bits per heavy atom. The lowest BCUT2D eigenvalue weighted by Crippen LogP contribution is -2.39. The van der Waals surface area contributed by atoms with Gasteiger partial charge >= 0.3 is 12.1 Å². The molecule has 2 aliphatic rings. The van der Waals surface area contributed by atoms with E-state index in [9.17, 15) is 14.0 Å². The minimum Gasteiger partial charge on any atom is -0.480 e. The van der Waals surface area contributed by atoms with Crippen LogP contribution in [-0.4, -0.2) is 86.7 Å². The van der Waals surface area contributed by atoms with Gasteiger partial charge in [0.15, 0.2) is 0 Å². The van der Waals surface area contributed by atoms with Gasteiger partial charge in [0.25, 0.3) is 0 Å². The van der Waals surface area contributed by atoms with E-state index in [0.29, 0.717) is 49.4 Å². The molecule has 4 N–H and O–H groups in total. The monoisotopic (exact) mass is 446 g/mol. The summed E-state index contributed by atoms with van der Waals surface area (Å²) in [5.41, 5.74) is 1.43. The first-order valence-corrected chi connectivity index (χ1v) is 10.3. The van der Waals surface area contributed by atoms with E-state index in [2.05, 4.69) is 15.6 Å². The van der Waals surface area contributed by atoms with Crippen molar-refractivity contribution >= 4 is 35.9 Å². The molecule has 0 aromatic heterocycles. The van der Waals surface area contributed by atoms with Gasteiger partial charge in [-0.05, 0) is 30.8 Å². The van der Waals surface area contributed by atoms with Crippen LogP contribution in [0, 0.1) is 11.2 Å². The average molecular weight is 446 g/mol. The van der Waals surface area contributed by atoms with Crippen molar-refractivity contribution in [1.29, 1.82) is 5.41 Å². The smallest absolute Gasteiger partial charge is 0.414 e. The van der Waals surface area contributed by atoms with Crippen LogP contribution in [-0.2, 0) is 9.53 Å². The van der Waals surface area contributed by atoms with Crippen molar-refractivity contribution in [3.63, 3.8) is 0 Å². The van der Waals surface area contributed by atoms with Crippen molar-refractivity contribution in [3.05, 3.63) is 35.7 Å². The number of nitrogens with zero attached hydrogens (tertiary/aromatic N) is 3. The number of carboxylic acids is 1. The molecule has 1 fully saturated rings. The number of rotatable bonds is 11. The molecule has 0 bridgehead atoms. The van der Waals surface area contributed by atoms with Crippen LogP contribution in [0.15, 0.2) is 29.3 Å². The van der Waals surface area contributed by atoms with E-state index in [-0.39, 0.29) is 18.8 Å². The number of aliphatic imine (C=N–C) groups is 1. The number of allylic oxidation sites excluding steroid dienone is 1. The number of dihydropyridines is 1. The number of cyclic esters (lactones) is 1. The third-order valence-corrected chi connectivity index (χ3v) is 5.19. The van der Waals surface area contributed by atoms with Crippen molar-refractivity contribution in [2.24, 2.45) is 4.99 Å². The Morgan fingerprint density at radius 1 is 1.50 bits per heavy atom. The number of nitrogens with one attached hydrogen (secondary N) is 3. The first-order valence-electron chi connectivity index (χ1n) is 10.3. The Bertz CT molecular complexity index is 922. The summed E-state index contributed by atoms with van der Waals surface area (Å²) in [6.07, 6.45) is 3.97. The van der Waals surface area contributed by atoms with Crippen LogP contribution in [0.2, 0.25) is 0 Å². The maximum absolute atomic E-state index is 14.9. The van der Waals surface area contributed by atoms with E-state index in [1.807, 2.05) is 6.08 Å². The standard InChI is InChI=1S/C21H27FN6O4/c1-24-10-16-12-28(21(31)32-16)15-3-4-17(18(22)8-15)14-2-5-19(26-9-14)27(13-23)7-6-25-11-20(29)30/h2-4,8-9,13,16,19,23-25H,5-7,10-12H2,1H3,(H,29,30). The molecule has 0 saturated carbocycles. The van der Waals surface area contributed by atoms with Crippen molar-refractivity contribution in [2.75, 3.05) is 44.7 Å². The van der Waals surface area contributed by atoms with Gasteiger partial charge in [-0.3, -0.25) is 20.1 Å². The minimum atomic E-state index is -0.942. The third kappa shape index (κ3) is 5.68. The summed E-state index contributed by atoms with van der Waals surface area (Å²) in [6, 6.07) is 4.61. The predicted molar refractivity (Wildman–Crippen MR) is 119 cm³/mol. The fourth-order valence-electron chi connectivity index (χ4n) is 3.59. The minimum absolute atomic E-state index is 0.148. The zero-order chi connectivity index (χ0) is 23.1. The number of halogens is 1. The number of aliphatic carboxylic acids is 1. The predicted octanol–water partition coefficient (Wildman–Crippen LogP) is 1.14. The second-order valence-corrected chi connectivity index (χ2v) is 7.43. The number of carboxylic acid groups (broad SMARTS) is 1. The zero-order valence-electron chi connectivity index (χ0n) is 17.8. The van der Waals surface area contributed by atoms with Crippen molar-refractivity contribution in [2.45, 2.75) is 18.7 Å². The van der Waals surface area contributed by atoms with Gasteiger partial charge in [0.05, 0.1) is 25.1 Å². The van der Waals surface area contributed by atoms with Gasteiger partial charge < -0.3 is 25.4 Å². The number of amides is 1. The molecule has 11 heteroatoms. The number of benzene rings is 1. The molecule has 0 aliphatic carbocycles. The number of hydrogen-bond donors (Lipinski definition) is 4. The molecular weight excluding hydrogens is 419 g/mol. The number of carbonyl (C=O) groups is 2. The maximum Gasteiger partial charge on any atom is 0.414 e. The van der Waals surface area contributed by atoms with Gasteiger partial charge in [-0.25, -0.2) is 9.18 Å². The maximum atomic E-state index is 14.9.